The topological polar surface area (TPSA) is 115 Å². The lowest BCUT2D eigenvalue weighted by Crippen LogP contribution is -1.99. The fourth-order valence-electron chi connectivity index (χ4n) is 2.63. The monoisotopic (exact) mass is 358 g/mol. The highest BCUT2D eigenvalue weighted by Crippen LogP contribution is 2.29. The Kier molecular flexibility index (Phi) is 4.10. The van der Waals surface area contributed by atoms with Crippen molar-refractivity contribution in [3.63, 3.8) is 0 Å². The first-order valence-electron chi connectivity index (χ1n) is 8.10. The quantitative estimate of drug-likeness (QED) is 0.571. The number of benzene rings is 2. The highest BCUT2D eigenvalue weighted by molar-refractivity contribution is 5.88. The van der Waals surface area contributed by atoms with Crippen LogP contribution in [0.2, 0.25) is 0 Å². The Bertz CT molecular complexity index is 1110. The van der Waals surface area contributed by atoms with Gasteiger partial charge >= 0.3 is 5.97 Å². The predicted octanol–water partition coefficient (Wildman–Crippen LogP) is 3.75. The van der Waals surface area contributed by atoms with Crippen molar-refractivity contribution in [2.24, 2.45) is 0 Å². The number of nitrogens with zero attached hydrogens (tertiary/aromatic N) is 3. The third-order valence-corrected chi connectivity index (χ3v) is 4.04. The van der Waals surface area contributed by atoms with Gasteiger partial charge in [0.25, 0.3) is 0 Å². The Hall–Kier alpha value is -4.00. The summed E-state index contributed by atoms with van der Waals surface area (Å²) in [6.07, 6.45) is 1.53. The Balaban J connectivity index is 1.71. The first-order chi connectivity index (χ1) is 13.1. The molecular formula is C20H14N4O3. The summed E-state index contributed by atoms with van der Waals surface area (Å²) in [6.45, 7) is 0. The molecule has 0 radical (unpaired) electrons. The van der Waals surface area contributed by atoms with Crippen LogP contribution in [0, 0.1) is 0 Å². The molecule has 0 atom stereocenters. The first kappa shape index (κ1) is 16.5. The molecule has 0 amide bonds. The summed E-state index contributed by atoms with van der Waals surface area (Å²) in [6, 6.07) is 17.7. The number of nitrogen functional groups attached to an aromatic ring is 1. The van der Waals surface area contributed by atoms with Gasteiger partial charge in [0.2, 0.25) is 0 Å². The summed E-state index contributed by atoms with van der Waals surface area (Å²) in [7, 11) is 0. The number of aromatic carboxylic acids is 1. The van der Waals surface area contributed by atoms with Gasteiger partial charge in [0.15, 0.2) is 17.3 Å². The van der Waals surface area contributed by atoms with Crippen molar-refractivity contribution in [1.82, 2.24) is 15.1 Å². The predicted molar refractivity (Wildman–Crippen MR) is 99.8 cm³/mol. The summed E-state index contributed by atoms with van der Waals surface area (Å²) >= 11 is 0. The van der Waals surface area contributed by atoms with Crippen molar-refractivity contribution in [3.8, 4) is 34.0 Å². The molecule has 0 aliphatic carbocycles. The zero-order valence-electron chi connectivity index (χ0n) is 14.0. The molecule has 0 aliphatic rings. The highest BCUT2D eigenvalue weighted by Gasteiger charge is 2.15. The molecule has 3 N–H and O–H groups in total. The number of carboxylic acid groups (broad SMARTS) is 1. The number of hydrogen-bond donors (Lipinski definition) is 2. The maximum Gasteiger partial charge on any atom is 0.335 e. The van der Waals surface area contributed by atoms with Crippen molar-refractivity contribution < 1.29 is 14.4 Å². The van der Waals surface area contributed by atoms with Gasteiger partial charge in [-0.05, 0) is 12.1 Å². The molecule has 27 heavy (non-hydrogen) atoms. The van der Waals surface area contributed by atoms with Crippen LogP contribution in [0.5, 0.6) is 0 Å². The minimum absolute atomic E-state index is 0.199. The van der Waals surface area contributed by atoms with Crippen LogP contribution in [0.4, 0.5) is 5.82 Å². The molecule has 132 valence electrons. The van der Waals surface area contributed by atoms with E-state index in [9.17, 15) is 4.79 Å². The van der Waals surface area contributed by atoms with E-state index in [1.807, 2.05) is 30.3 Å². The van der Waals surface area contributed by atoms with Crippen LogP contribution in [0.3, 0.4) is 0 Å². The Morgan fingerprint density at radius 2 is 1.67 bits per heavy atom. The van der Waals surface area contributed by atoms with E-state index < -0.39 is 5.97 Å². The van der Waals surface area contributed by atoms with Crippen molar-refractivity contribution >= 4 is 11.8 Å². The Labute approximate surface area is 154 Å². The lowest BCUT2D eigenvalue weighted by atomic mass is 10.1. The van der Waals surface area contributed by atoms with Gasteiger partial charge in [0.1, 0.15) is 5.69 Å². The zero-order valence-corrected chi connectivity index (χ0v) is 14.0. The average molecular weight is 358 g/mol. The molecule has 0 saturated carbocycles. The normalized spacial score (nSPS) is 10.7. The molecule has 0 spiro atoms. The number of rotatable bonds is 4. The fraction of sp³-hybridized carbons (Fsp3) is 0. The van der Waals surface area contributed by atoms with E-state index >= 15 is 0 Å². The van der Waals surface area contributed by atoms with E-state index in [1.54, 1.807) is 18.2 Å². The van der Waals surface area contributed by atoms with Crippen LogP contribution < -0.4 is 5.73 Å². The van der Waals surface area contributed by atoms with E-state index in [1.165, 1.54) is 18.3 Å². The molecule has 0 bridgehead atoms. The Morgan fingerprint density at radius 1 is 0.963 bits per heavy atom. The highest BCUT2D eigenvalue weighted by atomic mass is 16.5. The third-order valence-electron chi connectivity index (χ3n) is 4.04. The van der Waals surface area contributed by atoms with Crippen molar-refractivity contribution in [2.45, 2.75) is 0 Å². The number of aromatic nitrogens is 3. The molecule has 7 nitrogen and oxygen atoms in total. The van der Waals surface area contributed by atoms with E-state index in [0.717, 1.165) is 11.1 Å². The summed E-state index contributed by atoms with van der Waals surface area (Å²) in [5.41, 5.74) is 9.41. The summed E-state index contributed by atoms with van der Waals surface area (Å²) in [5.74, 6) is -0.361. The summed E-state index contributed by atoms with van der Waals surface area (Å²) in [5, 5.41) is 13.1. The second-order valence-electron chi connectivity index (χ2n) is 5.81. The van der Waals surface area contributed by atoms with Crippen molar-refractivity contribution in [1.29, 1.82) is 0 Å². The van der Waals surface area contributed by atoms with Gasteiger partial charge in [-0.2, -0.15) is 0 Å². The van der Waals surface area contributed by atoms with E-state index in [4.69, 9.17) is 15.4 Å². The average Bonchev–Trinajstić information content (AvgIpc) is 3.19. The van der Waals surface area contributed by atoms with Crippen molar-refractivity contribution in [2.75, 3.05) is 5.73 Å². The first-order valence-corrected chi connectivity index (χ1v) is 8.10. The SMILES string of the molecule is Nc1ncc(-c2ccc(C(=O)O)cc2)nc1-c1cc(-c2ccccc2)no1. The number of nitrogens with two attached hydrogens (primary N) is 1. The van der Waals surface area contributed by atoms with Crippen molar-refractivity contribution in [3.05, 3.63) is 72.4 Å². The minimum atomic E-state index is -0.985. The number of carboxylic acids is 1. The molecule has 0 fully saturated rings. The molecule has 0 aliphatic heterocycles. The van der Waals surface area contributed by atoms with E-state index in [2.05, 4.69) is 15.1 Å². The van der Waals surface area contributed by atoms with Gasteiger partial charge < -0.3 is 15.4 Å². The molecule has 4 aromatic rings. The number of anilines is 1. The Morgan fingerprint density at radius 3 is 2.37 bits per heavy atom. The van der Waals surface area contributed by atoms with E-state index in [0.29, 0.717) is 22.8 Å². The molecule has 0 saturated heterocycles. The summed E-state index contributed by atoms with van der Waals surface area (Å²) < 4.78 is 5.42. The van der Waals surface area contributed by atoms with Crippen LogP contribution in [-0.2, 0) is 0 Å². The molecule has 7 heteroatoms. The van der Waals surface area contributed by atoms with E-state index in [-0.39, 0.29) is 11.4 Å². The maximum atomic E-state index is 11.0. The third kappa shape index (κ3) is 3.25. The molecule has 0 unspecified atom stereocenters. The molecule has 2 aromatic carbocycles. The minimum Gasteiger partial charge on any atom is -0.478 e. The largest absolute Gasteiger partial charge is 0.478 e. The lowest BCUT2D eigenvalue weighted by molar-refractivity contribution is 0.0697. The fourth-order valence-corrected chi connectivity index (χ4v) is 2.63. The van der Waals surface area contributed by atoms with Crippen LogP contribution in [0.15, 0.2) is 71.4 Å². The molecule has 2 heterocycles. The van der Waals surface area contributed by atoms with Gasteiger partial charge in [-0.25, -0.2) is 14.8 Å². The van der Waals surface area contributed by atoms with Gasteiger partial charge in [-0.1, -0.05) is 47.6 Å². The zero-order chi connectivity index (χ0) is 18.8. The lowest BCUT2D eigenvalue weighted by Gasteiger charge is -2.05. The molecule has 2 aromatic heterocycles. The second-order valence-corrected chi connectivity index (χ2v) is 5.81. The molecule has 4 rings (SSSR count). The van der Waals surface area contributed by atoms with Gasteiger partial charge in [0, 0.05) is 17.2 Å². The maximum absolute atomic E-state index is 11.0. The van der Waals surface area contributed by atoms with Crippen LogP contribution in [0.1, 0.15) is 10.4 Å². The van der Waals surface area contributed by atoms with Gasteiger partial charge in [-0.15, -0.1) is 0 Å². The standard InChI is InChI=1S/C20H14N4O3/c21-19-18(17-10-15(24-27-17)12-4-2-1-3-5-12)23-16(11-22-19)13-6-8-14(9-7-13)20(25)26/h1-11H,(H2,21,22)(H,25,26). The second kappa shape index (κ2) is 6.72. The van der Waals surface area contributed by atoms with Crippen LogP contribution in [0.25, 0.3) is 34.0 Å². The van der Waals surface area contributed by atoms with Crippen LogP contribution >= 0.6 is 0 Å². The van der Waals surface area contributed by atoms with Crippen LogP contribution in [-0.4, -0.2) is 26.2 Å². The number of carbonyl (C=O) groups is 1. The summed E-state index contributed by atoms with van der Waals surface area (Å²) in [4.78, 5) is 19.7. The smallest absolute Gasteiger partial charge is 0.335 e. The van der Waals surface area contributed by atoms with Gasteiger partial charge in [0.05, 0.1) is 17.5 Å². The molecular weight excluding hydrogens is 344 g/mol. The van der Waals surface area contributed by atoms with Gasteiger partial charge in [-0.3, -0.25) is 0 Å². The number of hydrogen-bond acceptors (Lipinski definition) is 6.